The molecule has 1 rings (SSSR count). The van der Waals surface area contributed by atoms with Crippen LogP contribution in [0.3, 0.4) is 0 Å². The maximum absolute atomic E-state index is 11.3. The molecule has 0 aliphatic heterocycles. The van der Waals surface area contributed by atoms with Gasteiger partial charge in [0.1, 0.15) is 12.7 Å². The first-order chi connectivity index (χ1) is 7.88. The Balaban J connectivity index is 2.39. The Morgan fingerprint density at radius 1 is 1.35 bits per heavy atom. The predicted octanol–water partition coefficient (Wildman–Crippen LogP) is 2.24. The molecular weight excluding hydrogens is 218 g/mol. The first kappa shape index (κ1) is 13.5. The number of carbonyl (C=O) groups is 1. The zero-order valence-electron chi connectivity index (χ0n) is 10.4. The van der Waals surface area contributed by atoms with Crippen LogP contribution >= 0.6 is 0 Å². The second-order valence-electron chi connectivity index (χ2n) is 4.90. The Labute approximate surface area is 102 Å². The van der Waals surface area contributed by atoms with E-state index in [-0.39, 0.29) is 12.1 Å². The molecule has 0 aromatic heterocycles. The lowest BCUT2D eigenvalue weighted by Gasteiger charge is -2.20. The maximum Gasteiger partial charge on any atom is 0.407 e. The summed E-state index contributed by atoms with van der Waals surface area (Å²) in [5, 5.41) is 12.4. The third kappa shape index (κ3) is 5.36. The van der Waals surface area contributed by atoms with E-state index in [1.807, 2.05) is 39.0 Å². The smallest absolute Gasteiger partial charge is 0.407 e. The molecule has 0 saturated heterocycles. The fourth-order valence-corrected chi connectivity index (χ4v) is 1.27. The van der Waals surface area contributed by atoms with Crippen LogP contribution < -0.4 is 5.32 Å². The summed E-state index contributed by atoms with van der Waals surface area (Å²) in [5.41, 5.74) is 0.394. The number of ether oxygens (including phenoxy) is 1. The molecule has 4 nitrogen and oxygen atoms in total. The molecule has 0 aliphatic rings. The van der Waals surface area contributed by atoms with Gasteiger partial charge in [0.05, 0.1) is 0 Å². The van der Waals surface area contributed by atoms with Crippen molar-refractivity contribution in [2.75, 3.05) is 6.61 Å². The molecule has 2 N–H and O–H groups in total. The van der Waals surface area contributed by atoms with E-state index < -0.39 is 12.2 Å². The van der Waals surface area contributed by atoms with Crippen LogP contribution in [0.15, 0.2) is 30.3 Å². The van der Waals surface area contributed by atoms with Crippen LogP contribution in [0, 0.1) is 0 Å². The summed E-state index contributed by atoms with van der Waals surface area (Å²) in [4.78, 5) is 11.3. The number of nitrogens with one attached hydrogen (secondary N) is 1. The van der Waals surface area contributed by atoms with Gasteiger partial charge in [-0.05, 0) is 26.3 Å². The molecule has 17 heavy (non-hydrogen) atoms. The summed E-state index contributed by atoms with van der Waals surface area (Å²) in [5.74, 6) is 0. The molecular formula is C13H19NO3. The van der Waals surface area contributed by atoms with Crippen LogP contribution in [0.4, 0.5) is 4.79 Å². The molecule has 0 bridgehead atoms. The second-order valence-corrected chi connectivity index (χ2v) is 4.90. The average Bonchev–Trinajstić information content (AvgIpc) is 2.25. The van der Waals surface area contributed by atoms with Crippen LogP contribution in [0.1, 0.15) is 32.4 Å². The van der Waals surface area contributed by atoms with E-state index in [0.29, 0.717) is 0 Å². The fourth-order valence-electron chi connectivity index (χ4n) is 1.27. The van der Waals surface area contributed by atoms with E-state index in [1.54, 1.807) is 12.1 Å². The average molecular weight is 237 g/mol. The number of carbonyl (C=O) groups excluding carboxylic acids is 1. The molecule has 0 fully saturated rings. The van der Waals surface area contributed by atoms with Crippen molar-refractivity contribution in [3.63, 3.8) is 0 Å². The van der Waals surface area contributed by atoms with Crippen molar-refractivity contribution in [2.24, 2.45) is 0 Å². The van der Waals surface area contributed by atoms with Gasteiger partial charge >= 0.3 is 6.09 Å². The fraction of sp³-hybridized carbons (Fsp3) is 0.462. The van der Waals surface area contributed by atoms with E-state index in [4.69, 9.17) is 4.74 Å². The van der Waals surface area contributed by atoms with E-state index in [1.165, 1.54) is 0 Å². The van der Waals surface area contributed by atoms with Crippen LogP contribution in [0.25, 0.3) is 0 Å². The summed E-state index contributed by atoms with van der Waals surface area (Å²) in [7, 11) is 0. The maximum atomic E-state index is 11.3. The summed E-state index contributed by atoms with van der Waals surface area (Å²) < 4.78 is 4.93. The van der Waals surface area contributed by atoms with Gasteiger partial charge in [0.15, 0.2) is 0 Å². The van der Waals surface area contributed by atoms with E-state index >= 15 is 0 Å². The Morgan fingerprint density at radius 3 is 2.47 bits per heavy atom. The van der Waals surface area contributed by atoms with Gasteiger partial charge < -0.3 is 15.2 Å². The molecule has 1 unspecified atom stereocenters. The van der Waals surface area contributed by atoms with Gasteiger partial charge in [-0.15, -0.1) is 0 Å². The Kier molecular flexibility index (Phi) is 4.52. The highest BCUT2D eigenvalue weighted by molar-refractivity contribution is 5.68. The largest absolute Gasteiger partial charge is 0.446 e. The highest BCUT2D eigenvalue weighted by Crippen LogP contribution is 2.12. The zero-order chi connectivity index (χ0) is 12.9. The van der Waals surface area contributed by atoms with E-state index in [2.05, 4.69) is 5.32 Å². The molecule has 4 heteroatoms. The van der Waals surface area contributed by atoms with Crippen molar-refractivity contribution >= 4 is 6.09 Å². The van der Waals surface area contributed by atoms with E-state index in [9.17, 15) is 9.90 Å². The minimum absolute atomic E-state index is 0.0497. The highest BCUT2D eigenvalue weighted by atomic mass is 16.6. The van der Waals surface area contributed by atoms with Crippen LogP contribution in [0.2, 0.25) is 0 Å². The van der Waals surface area contributed by atoms with Gasteiger partial charge in [-0.1, -0.05) is 30.3 Å². The molecule has 0 aliphatic carbocycles. The molecule has 1 aromatic carbocycles. The topological polar surface area (TPSA) is 58.6 Å². The van der Waals surface area contributed by atoms with Crippen molar-refractivity contribution in [1.82, 2.24) is 5.32 Å². The van der Waals surface area contributed by atoms with Gasteiger partial charge in [0.25, 0.3) is 0 Å². The molecule has 94 valence electrons. The first-order valence-electron chi connectivity index (χ1n) is 5.56. The Hall–Kier alpha value is -1.55. The summed E-state index contributed by atoms with van der Waals surface area (Å²) >= 11 is 0. The third-order valence-corrected chi connectivity index (χ3v) is 2.03. The van der Waals surface area contributed by atoms with Gasteiger partial charge in [-0.3, -0.25) is 0 Å². The number of benzene rings is 1. The summed E-state index contributed by atoms with van der Waals surface area (Å²) in [6.07, 6.45) is -1.31. The van der Waals surface area contributed by atoms with Gasteiger partial charge in [-0.2, -0.15) is 0 Å². The SMILES string of the molecule is CC(C)(C)NC(=O)OCC(O)c1ccccc1. The number of hydrogen-bond acceptors (Lipinski definition) is 3. The minimum Gasteiger partial charge on any atom is -0.446 e. The second kappa shape index (κ2) is 5.68. The monoisotopic (exact) mass is 237 g/mol. The number of aliphatic hydroxyl groups excluding tert-OH is 1. The van der Waals surface area contributed by atoms with Crippen LogP contribution in [-0.2, 0) is 4.74 Å². The van der Waals surface area contributed by atoms with Crippen LogP contribution in [-0.4, -0.2) is 23.3 Å². The Bertz CT molecular complexity index is 357. The molecule has 0 heterocycles. The number of amides is 1. The quantitative estimate of drug-likeness (QED) is 0.847. The van der Waals surface area contributed by atoms with Crippen molar-refractivity contribution in [2.45, 2.75) is 32.4 Å². The zero-order valence-corrected chi connectivity index (χ0v) is 10.4. The number of hydrogen-bond donors (Lipinski definition) is 2. The Morgan fingerprint density at radius 2 is 1.94 bits per heavy atom. The van der Waals surface area contributed by atoms with Gasteiger partial charge in [-0.25, -0.2) is 4.79 Å². The van der Waals surface area contributed by atoms with Crippen molar-refractivity contribution < 1.29 is 14.6 Å². The number of rotatable bonds is 3. The standard InChI is InChI=1S/C13H19NO3/c1-13(2,3)14-12(16)17-9-11(15)10-7-5-4-6-8-10/h4-8,11,15H,9H2,1-3H3,(H,14,16). The van der Waals surface area contributed by atoms with Crippen molar-refractivity contribution in [3.8, 4) is 0 Å². The van der Waals surface area contributed by atoms with Gasteiger partial charge in [0, 0.05) is 5.54 Å². The van der Waals surface area contributed by atoms with Gasteiger partial charge in [0.2, 0.25) is 0 Å². The van der Waals surface area contributed by atoms with Crippen molar-refractivity contribution in [3.05, 3.63) is 35.9 Å². The summed E-state index contributed by atoms with van der Waals surface area (Å²) in [6.45, 7) is 5.54. The first-order valence-corrected chi connectivity index (χ1v) is 5.56. The molecule has 1 atom stereocenters. The minimum atomic E-state index is -0.790. The van der Waals surface area contributed by atoms with E-state index in [0.717, 1.165) is 5.56 Å². The molecule has 1 aromatic rings. The summed E-state index contributed by atoms with van der Waals surface area (Å²) in [6, 6.07) is 9.09. The molecule has 0 radical (unpaired) electrons. The number of aliphatic hydroxyl groups is 1. The molecule has 0 spiro atoms. The normalized spacial score (nSPS) is 12.9. The van der Waals surface area contributed by atoms with Crippen LogP contribution in [0.5, 0.6) is 0 Å². The molecule has 0 saturated carbocycles. The van der Waals surface area contributed by atoms with Crippen molar-refractivity contribution in [1.29, 1.82) is 0 Å². The predicted molar refractivity (Wildman–Crippen MR) is 65.6 cm³/mol. The lowest BCUT2D eigenvalue weighted by molar-refractivity contribution is 0.0647. The lowest BCUT2D eigenvalue weighted by atomic mass is 10.1. The highest BCUT2D eigenvalue weighted by Gasteiger charge is 2.16. The lowest BCUT2D eigenvalue weighted by Crippen LogP contribution is -2.41. The third-order valence-electron chi connectivity index (χ3n) is 2.03. The molecule has 1 amide bonds. The number of alkyl carbamates (subject to hydrolysis) is 1.